The maximum absolute atomic E-state index is 5.54. The molecule has 8 heavy (non-hydrogen) atoms. The van der Waals surface area contributed by atoms with Gasteiger partial charge < -0.3 is 0 Å². The average molecular weight is 167 g/mol. The summed E-state index contributed by atoms with van der Waals surface area (Å²) in [4.78, 5) is 0. The Morgan fingerprint density at radius 1 is 1.00 bits per heavy atom. The Kier molecular flexibility index (Phi) is 3.98. The minimum atomic E-state index is 0. The van der Waals surface area contributed by atoms with Crippen LogP contribution in [0.4, 0.5) is 0 Å². The zero-order valence-electron chi connectivity index (χ0n) is 4.14. The van der Waals surface area contributed by atoms with Gasteiger partial charge in [-0.05, 0) is 12.1 Å². The largest absolute Gasteiger partial charge is 0.0843 e. The number of halogens is 1. The van der Waals surface area contributed by atoms with Gasteiger partial charge in [0.25, 0.3) is 0 Å². The van der Waals surface area contributed by atoms with Gasteiger partial charge in [0.2, 0.25) is 0 Å². The molecule has 0 bridgehead atoms. The van der Waals surface area contributed by atoms with Gasteiger partial charge in [-0.1, -0.05) is 29.8 Å². The molecule has 0 aliphatic heterocycles. The van der Waals surface area contributed by atoms with Gasteiger partial charge in [-0.15, -0.1) is 0 Å². The second kappa shape index (κ2) is 3.96. The summed E-state index contributed by atoms with van der Waals surface area (Å²) in [7, 11) is 0. The molecule has 1 radical (unpaired) electrons. The van der Waals surface area contributed by atoms with Crippen LogP contribution in [0.15, 0.2) is 30.3 Å². The summed E-state index contributed by atoms with van der Waals surface area (Å²) >= 11 is 5.54. The van der Waals surface area contributed by atoms with Crippen LogP contribution in [0, 0.1) is 0 Å². The van der Waals surface area contributed by atoms with E-state index in [-0.39, 0.29) is 17.1 Å². The van der Waals surface area contributed by atoms with Crippen molar-refractivity contribution in [2.75, 3.05) is 0 Å². The molecule has 0 saturated heterocycles. The van der Waals surface area contributed by atoms with Gasteiger partial charge >= 0.3 is 0 Å². The predicted molar refractivity (Wildman–Crippen MR) is 31.5 cm³/mol. The standard InChI is InChI=1S/C6H5Cl.Mn/c7-6-4-2-1-3-5-6;/h1-5H;. The molecule has 0 spiro atoms. The van der Waals surface area contributed by atoms with Crippen molar-refractivity contribution >= 4 is 11.6 Å². The fourth-order valence-corrected chi connectivity index (χ4v) is 0.560. The van der Waals surface area contributed by atoms with E-state index < -0.39 is 0 Å². The minimum absolute atomic E-state index is 0. The Labute approximate surface area is 64.3 Å². The number of hydrogen-bond donors (Lipinski definition) is 0. The van der Waals surface area contributed by atoms with E-state index in [0.717, 1.165) is 5.02 Å². The van der Waals surface area contributed by atoms with Gasteiger partial charge in [0.1, 0.15) is 0 Å². The molecule has 0 aliphatic carbocycles. The summed E-state index contributed by atoms with van der Waals surface area (Å²) in [6, 6.07) is 9.44. The molecule has 0 nitrogen and oxygen atoms in total. The van der Waals surface area contributed by atoms with E-state index in [9.17, 15) is 0 Å². The topological polar surface area (TPSA) is 0 Å². The fourth-order valence-electron chi connectivity index (χ4n) is 0.415. The Bertz CT molecular complexity index is 138. The fraction of sp³-hybridized carbons (Fsp3) is 0. The molecule has 0 fully saturated rings. The Morgan fingerprint density at radius 2 is 1.50 bits per heavy atom. The first-order chi connectivity index (χ1) is 3.39. The van der Waals surface area contributed by atoms with Crippen molar-refractivity contribution in [1.29, 1.82) is 0 Å². The van der Waals surface area contributed by atoms with E-state index >= 15 is 0 Å². The van der Waals surface area contributed by atoms with Crippen LogP contribution in [0.2, 0.25) is 5.02 Å². The van der Waals surface area contributed by atoms with Crippen LogP contribution < -0.4 is 0 Å². The third kappa shape index (κ3) is 2.37. The second-order valence-electron chi connectivity index (χ2n) is 1.30. The second-order valence-corrected chi connectivity index (χ2v) is 1.73. The van der Waals surface area contributed by atoms with E-state index in [1.54, 1.807) is 0 Å². The molecule has 1 aromatic rings. The SMILES string of the molecule is Clc1ccccc1.[Mn]. The Morgan fingerprint density at radius 3 is 1.75 bits per heavy atom. The van der Waals surface area contributed by atoms with Gasteiger partial charge in [0.15, 0.2) is 0 Å². The summed E-state index contributed by atoms with van der Waals surface area (Å²) in [5.41, 5.74) is 0. The van der Waals surface area contributed by atoms with Gasteiger partial charge in [-0.2, -0.15) is 0 Å². The molecule has 2 heteroatoms. The molecule has 0 aromatic heterocycles. The molecule has 0 unspecified atom stereocenters. The van der Waals surface area contributed by atoms with Crippen LogP contribution in [0.25, 0.3) is 0 Å². The van der Waals surface area contributed by atoms with E-state index in [0.29, 0.717) is 0 Å². The Hall–Kier alpha value is 0.0295. The monoisotopic (exact) mass is 167 g/mol. The van der Waals surface area contributed by atoms with Crippen molar-refractivity contribution in [3.05, 3.63) is 35.4 Å². The molecule has 0 atom stereocenters. The van der Waals surface area contributed by atoms with E-state index in [1.807, 2.05) is 30.3 Å². The number of benzene rings is 1. The van der Waals surface area contributed by atoms with Crippen molar-refractivity contribution in [1.82, 2.24) is 0 Å². The molecular formula is C6H5ClMn. The van der Waals surface area contributed by atoms with Crippen molar-refractivity contribution < 1.29 is 17.1 Å². The average Bonchev–Trinajstić information content (AvgIpc) is 1.69. The molecule has 43 valence electrons. The van der Waals surface area contributed by atoms with Gasteiger partial charge in [0, 0.05) is 22.1 Å². The minimum Gasteiger partial charge on any atom is -0.0843 e. The van der Waals surface area contributed by atoms with Gasteiger partial charge in [-0.25, -0.2) is 0 Å². The molecule has 0 amide bonds. The number of rotatable bonds is 0. The zero-order valence-corrected chi connectivity index (χ0v) is 6.08. The van der Waals surface area contributed by atoms with Crippen molar-refractivity contribution in [2.45, 2.75) is 0 Å². The van der Waals surface area contributed by atoms with Crippen LogP contribution in [0.1, 0.15) is 0 Å². The molecule has 1 aromatic carbocycles. The smallest absolute Gasteiger partial charge is 0.0405 e. The first-order valence-electron chi connectivity index (χ1n) is 2.10. The Balaban J connectivity index is 0.000000490. The zero-order chi connectivity index (χ0) is 5.11. The quantitative estimate of drug-likeness (QED) is 0.521. The summed E-state index contributed by atoms with van der Waals surface area (Å²) in [5, 5.41) is 0.794. The molecule has 0 aliphatic rings. The van der Waals surface area contributed by atoms with Crippen molar-refractivity contribution in [3.63, 3.8) is 0 Å². The van der Waals surface area contributed by atoms with E-state index in [2.05, 4.69) is 0 Å². The molecule has 1 rings (SSSR count). The summed E-state index contributed by atoms with van der Waals surface area (Å²) < 4.78 is 0. The molecular weight excluding hydrogens is 162 g/mol. The maximum Gasteiger partial charge on any atom is 0.0405 e. The van der Waals surface area contributed by atoms with Crippen molar-refractivity contribution in [3.8, 4) is 0 Å². The van der Waals surface area contributed by atoms with Crippen LogP contribution in [0.3, 0.4) is 0 Å². The van der Waals surface area contributed by atoms with Gasteiger partial charge in [0.05, 0.1) is 0 Å². The van der Waals surface area contributed by atoms with Gasteiger partial charge in [-0.3, -0.25) is 0 Å². The van der Waals surface area contributed by atoms with E-state index in [1.165, 1.54) is 0 Å². The maximum atomic E-state index is 5.54. The van der Waals surface area contributed by atoms with E-state index in [4.69, 9.17) is 11.6 Å². The first-order valence-corrected chi connectivity index (χ1v) is 2.48. The number of hydrogen-bond acceptors (Lipinski definition) is 0. The van der Waals surface area contributed by atoms with Crippen LogP contribution in [-0.2, 0) is 17.1 Å². The molecule has 0 heterocycles. The third-order valence-corrected chi connectivity index (χ3v) is 0.985. The summed E-state index contributed by atoms with van der Waals surface area (Å²) in [5.74, 6) is 0. The summed E-state index contributed by atoms with van der Waals surface area (Å²) in [6.45, 7) is 0. The normalized spacial score (nSPS) is 7.62. The van der Waals surface area contributed by atoms with Crippen LogP contribution in [0.5, 0.6) is 0 Å². The third-order valence-electron chi connectivity index (χ3n) is 0.733. The first kappa shape index (κ1) is 8.03. The predicted octanol–water partition coefficient (Wildman–Crippen LogP) is 2.34. The molecule has 0 N–H and O–H groups in total. The van der Waals surface area contributed by atoms with Crippen molar-refractivity contribution in [2.24, 2.45) is 0 Å². The van der Waals surface area contributed by atoms with Crippen LogP contribution >= 0.6 is 11.6 Å². The van der Waals surface area contributed by atoms with Crippen LogP contribution in [-0.4, -0.2) is 0 Å². The summed E-state index contributed by atoms with van der Waals surface area (Å²) in [6.07, 6.45) is 0. The molecule has 0 saturated carbocycles.